The minimum absolute atomic E-state index is 0.200. The quantitative estimate of drug-likeness (QED) is 0.729. The Bertz CT molecular complexity index is 413. The molecule has 0 fully saturated rings. The molecule has 0 radical (unpaired) electrons. The molecule has 5 heteroatoms. The van der Waals surface area contributed by atoms with E-state index in [2.05, 4.69) is 16.6 Å². The van der Waals surface area contributed by atoms with Gasteiger partial charge < -0.3 is 0 Å². The van der Waals surface area contributed by atoms with E-state index in [1.807, 2.05) is 16.8 Å². The zero-order valence-electron chi connectivity index (χ0n) is 8.47. The van der Waals surface area contributed by atoms with Crippen molar-refractivity contribution in [2.75, 3.05) is 0 Å². The highest BCUT2D eigenvalue weighted by molar-refractivity contribution is 6.35. The number of aromatic nitrogens is 3. The van der Waals surface area contributed by atoms with Crippen molar-refractivity contribution in [3.63, 3.8) is 0 Å². The lowest BCUT2D eigenvalue weighted by Gasteiger charge is -2.14. The van der Waals surface area contributed by atoms with Crippen LogP contribution in [0.15, 0.2) is 36.9 Å². The summed E-state index contributed by atoms with van der Waals surface area (Å²) in [6.45, 7) is 2.20. The van der Waals surface area contributed by atoms with Crippen LogP contribution in [0.3, 0.4) is 0 Å². The Morgan fingerprint density at radius 3 is 2.60 bits per heavy atom. The number of nitrogens with zero attached hydrogens (tertiary/aromatic N) is 3. The van der Waals surface area contributed by atoms with E-state index in [1.165, 1.54) is 18.5 Å². The molecule has 1 atom stereocenters. The molecule has 0 bridgehead atoms. The smallest absolute Gasteiger partial charge is 0.137 e. The summed E-state index contributed by atoms with van der Waals surface area (Å²) in [5.41, 5.74) is 1.38. The molecule has 0 aliphatic carbocycles. The van der Waals surface area contributed by atoms with E-state index in [4.69, 9.17) is 0 Å². The van der Waals surface area contributed by atoms with Crippen molar-refractivity contribution in [1.82, 2.24) is 14.8 Å². The molecule has 2 rings (SSSR count). The van der Waals surface area contributed by atoms with Gasteiger partial charge in [-0.25, -0.2) is 14.1 Å². The third-order valence-electron chi connectivity index (χ3n) is 2.40. The van der Waals surface area contributed by atoms with Gasteiger partial charge in [0.2, 0.25) is 0 Å². The van der Waals surface area contributed by atoms with Gasteiger partial charge in [-0.05, 0) is 17.7 Å². The molecular weight excluding hydrogens is 209 g/mol. The molecule has 0 aliphatic rings. The van der Waals surface area contributed by atoms with Crippen molar-refractivity contribution in [1.29, 1.82) is 0 Å². The van der Waals surface area contributed by atoms with E-state index in [9.17, 15) is 4.39 Å². The summed E-state index contributed by atoms with van der Waals surface area (Å²) in [5, 5.41) is 4.13. The van der Waals surface area contributed by atoms with Gasteiger partial charge in [0.05, 0.1) is 15.2 Å². The van der Waals surface area contributed by atoms with Crippen LogP contribution in [0.1, 0.15) is 11.2 Å². The third kappa shape index (κ3) is 2.12. The zero-order chi connectivity index (χ0) is 10.7. The minimum atomic E-state index is -0.314. The second kappa shape index (κ2) is 4.35. The van der Waals surface area contributed by atoms with Crippen LogP contribution in [0.2, 0.25) is 6.55 Å². The van der Waals surface area contributed by atoms with Crippen molar-refractivity contribution in [3.8, 4) is 0 Å². The molecule has 78 valence electrons. The molecule has 0 amide bonds. The Morgan fingerprint density at radius 1 is 1.33 bits per heavy atom. The van der Waals surface area contributed by atoms with Crippen molar-refractivity contribution in [2.24, 2.45) is 0 Å². The molecular formula is C10H12FN3Si. The SMILES string of the molecule is C[SiH2]C(c1ccc(F)cc1)n1cncn1. The Balaban J connectivity index is 2.31. The molecule has 0 spiro atoms. The summed E-state index contributed by atoms with van der Waals surface area (Å²) in [5.74, 6) is -0.200. The Labute approximate surface area is 89.8 Å². The van der Waals surface area contributed by atoms with Crippen molar-refractivity contribution < 1.29 is 4.39 Å². The van der Waals surface area contributed by atoms with Gasteiger partial charge >= 0.3 is 0 Å². The van der Waals surface area contributed by atoms with Crippen LogP contribution in [0, 0.1) is 5.82 Å². The highest BCUT2D eigenvalue weighted by Crippen LogP contribution is 2.16. The Morgan fingerprint density at radius 2 is 2.07 bits per heavy atom. The summed E-state index contributed by atoms with van der Waals surface area (Å²) < 4.78 is 14.6. The zero-order valence-corrected chi connectivity index (χ0v) is 9.88. The first kappa shape index (κ1) is 10.0. The van der Waals surface area contributed by atoms with E-state index in [0.29, 0.717) is 0 Å². The van der Waals surface area contributed by atoms with Crippen LogP contribution in [-0.4, -0.2) is 24.3 Å². The molecule has 0 aliphatic heterocycles. The fourth-order valence-electron chi connectivity index (χ4n) is 1.64. The topological polar surface area (TPSA) is 30.7 Å². The van der Waals surface area contributed by atoms with Crippen LogP contribution in [0.4, 0.5) is 4.39 Å². The lowest BCUT2D eigenvalue weighted by Crippen LogP contribution is -2.16. The van der Waals surface area contributed by atoms with Gasteiger partial charge in [-0.15, -0.1) is 0 Å². The number of halogens is 1. The van der Waals surface area contributed by atoms with Gasteiger partial charge in [0, 0.05) is 0 Å². The molecule has 1 aromatic carbocycles. The average molecular weight is 221 g/mol. The largest absolute Gasteiger partial charge is 0.249 e. The highest BCUT2D eigenvalue weighted by atomic mass is 28.2. The summed E-state index contributed by atoms with van der Waals surface area (Å²) in [7, 11) is -0.314. The van der Waals surface area contributed by atoms with Gasteiger partial charge in [0.1, 0.15) is 18.5 Å². The molecule has 1 aromatic heterocycles. The normalized spacial score (nSPS) is 13.5. The maximum absolute atomic E-state index is 12.8. The molecule has 1 unspecified atom stereocenters. The standard InChI is InChI=1S/C10H12FN3Si/c1-15-10(14-7-12-6-13-14)8-2-4-9(11)5-3-8/h2-7,10H,15H2,1H3. The van der Waals surface area contributed by atoms with E-state index in [0.717, 1.165) is 5.56 Å². The lowest BCUT2D eigenvalue weighted by atomic mass is 10.2. The maximum atomic E-state index is 12.8. The van der Waals surface area contributed by atoms with Gasteiger partial charge in [0.25, 0.3) is 0 Å². The fourth-order valence-corrected chi connectivity index (χ4v) is 2.94. The third-order valence-corrected chi connectivity index (χ3v) is 4.02. The number of benzene rings is 1. The van der Waals surface area contributed by atoms with Crippen molar-refractivity contribution >= 4 is 9.52 Å². The first-order valence-corrected chi connectivity index (χ1v) is 7.14. The van der Waals surface area contributed by atoms with Gasteiger partial charge in [-0.1, -0.05) is 18.7 Å². The van der Waals surface area contributed by atoms with Gasteiger partial charge in [0.15, 0.2) is 0 Å². The summed E-state index contributed by atoms with van der Waals surface area (Å²) in [4.78, 5) is 3.93. The van der Waals surface area contributed by atoms with Crippen LogP contribution < -0.4 is 0 Å². The van der Waals surface area contributed by atoms with Crippen LogP contribution in [0.5, 0.6) is 0 Å². The van der Waals surface area contributed by atoms with Crippen molar-refractivity contribution in [2.45, 2.75) is 12.2 Å². The Hall–Kier alpha value is -1.49. The molecule has 0 N–H and O–H groups in total. The molecule has 3 nitrogen and oxygen atoms in total. The number of rotatable bonds is 3. The van der Waals surface area contributed by atoms with Crippen LogP contribution >= 0.6 is 0 Å². The predicted molar refractivity (Wildman–Crippen MR) is 59.0 cm³/mol. The van der Waals surface area contributed by atoms with Crippen LogP contribution in [-0.2, 0) is 0 Å². The van der Waals surface area contributed by atoms with Crippen LogP contribution in [0.25, 0.3) is 0 Å². The lowest BCUT2D eigenvalue weighted by molar-refractivity contribution is 0.621. The van der Waals surface area contributed by atoms with Gasteiger partial charge in [-0.2, -0.15) is 5.10 Å². The second-order valence-electron chi connectivity index (χ2n) is 3.35. The molecule has 1 heterocycles. The maximum Gasteiger partial charge on any atom is 0.137 e. The highest BCUT2D eigenvalue weighted by Gasteiger charge is 2.11. The first-order chi connectivity index (χ1) is 7.31. The molecule has 15 heavy (non-hydrogen) atoms. The predicted octanol–water partition coefficient (Wildman–Crippen LogP) is 1.18. The second-order valence-corrected chi connectivity index (χ2v) is 4.94. The fraction of sp³-hybridized carbons (Fsp3) is 0.200. The molecule has 2 aromatic rings. The number of hydrogen-bond donors (Lipinski definition) is 0. The summed E-state index contributed by atoms with van der Waals surface area (Å²) in [6.07, 6.45) is 3.24. The summed E-state index contributed by atoms with van der Waals surface area (Å²) >= 11 is 0. The van der Waals surface area contributed by atoms with Crippen molar-refractivity contribution in [3.05, 3.63) is 48.3 Å². The summed E-state index contributed by atoms with van der Waals surface area (Å²) in [6, 6.07) is 6.61. The molecule has 0 saturated carbocycles. The first-order valence-electron chi connectivity index (χ1n) is 4.91. The molecule has 0 saturated heterocycles. The van der Waals surface area contributed by atoms with E-state index in [1.54, 1.807) is 6.33 Å². The average Bonchev–Trinajstić information content (AvgIpc) is 2.75. The monoisotopic (exact) mass is 221 g/mol. The van der Waals surface area contributed by atoms with E-state index in [-0.39, 0.29) is 21.0 Å². The number of hydrogen-bond acceptors (Lipinski definition) is 2. The van der Waals surface area contributed by atoms with E-state index >= 15 is 0 Å². The van der Waals surface area contributed by atoms with Gasteiger partial charge in [-0.3, -0.25) is 0 Å². The van der Waals surface area contributed by atoms with E-state index < -0.39 is 0 Å². The minimum Gasteiger partial charge on any atom is -0.249 e. The Kier molecular flexibility index (Phi) is 2.91.